The third kappa shape index (κ3) is 9.55. The summed E-state index contributed by atoms with van der Waals surface area (Å²) in [6.45, 7) is 34.9. The lowest BCUT2D eigenvalue weighted by molar-refractivity contribution is 0.590. The molecule has 2 aromatic heterocycles. The normalized spacial score (nSPS) is 13.6. The van der Waals surface area contributed by atoms with Crippen LogP contribution in [0.25, 0.3) is 77.2 Å². The lowest BCUT2D eigenvalue weighted by Crippen LogP contribution is -2.61. The van der Waals surface area contributed by atoms with Crippen molar-refractivity contribution in [2.75, 3.05) is 9.80 Å². The summed E-state index contributed by atoms with van der Waals surface area (Å²) in [6, 6.07) is 89.0. The van der Waals surface area contributed by atoms with E-state index in [1.54, 1.807) is 0 Å². The van der Waals surface area contributed by atoms with Crippen molar-refractivity contribution in [3.05, 3.63) is 258 Å². The van der Waals surface area contributed by atoms with Gasteiger partial charge in [-0.15, -0.1) is 0 Å². The Morgan fingerprint density at radius 1 is 0.231 bits per heavy atom. The van der Waals surface area contributed by atoms with Crippen molar-refractivity contribution in [1.29, 1.82) is 0 Å². The molecule has 0 N–H and O–H groups in total. The van der Waals surface area contributed by atoms with Crippen LogP contribution in [0.5, 0.6) is 0 Å². The number of anilines is 6. The molecule has 13 aromatic rings. The molecule has 0 saturated heterocycles. The van der Waals surface area contributed by atoms with E-state index < -0.39 is 0 Å². The summed E-state index contributed by atoms with van der Waals surface area (Å²) in [5.41, 5.74) is 28.8. The van der Waals surface area contributed by atoms with Crippen molar-refractivity contribution in [3.8, 4) is 33.6 Å². The summed E-state index contributed by atoms with van der Waals surface area (Å²) in [4.78, 5) is 5.30. The van der Waals surface area contributed by atoms with Crippen LogP contribution in [0.15, 0.2) is 231 Å². The Bertz CT molecular complexity index is 4630. The average molecular weight is 1180 g/mol. The quantitative estimate of drug-likeness (QED) is 0.154. The molecule has 11 aromatic carbocycles. The first-order chi connectivity index (χ1) is 43.3. The number of hydrogen-bond acceptors (Lipinski definition) is 2. The fourth-order valence-corrected chi connectivity index (χ4v) is 14.7. The van der Waals surface area contributed by atoms with Crippen LogP contribution in [0.1, 0.15) is 132 Å². The number of rotatable bonds is 6. The molecule has 0 aliphatic carbocycles. The molecular weight excluding hydrogens is 1100 g/mol. The Morgan fingerprint density at radius 3 is 0.835 bits per heavy atom. The van der Waals surface area contributed by atoms with Gasteiger partial charge in [-0.05, 0) is 191 Å². The van der Waals surface area contributed by atoms with Crippen LogP contribution in [0.3, 0.4) is 0 Å². The van der Waals surface area contributed by atoms with Gasteiger partial charge in [0.05, 0.1) is 44.8 Å². The van der Waals surface area contributed by atoms with E-state index >= 15 is 0 Å². The van der Waals surface area contributed by atoms with Gasteiger partial charge >= 0.3 is 0 Å². The zero-order chi connectivity index (χ0) is 63.4. The van der Waals surface area contributed by atoms with Crippen LogP contribution >= 0.6 is 0 Å². The molecule has 0 bridgehead atoms. The molecular formula is C86H83BN4. The molecule has 0 atom stereocenters. The van der Waals surface area contributed by atoms with Crippen molar-refractivity contribution in [2.24, 2.45) is 0 Å². The maximum Gasteiger partial charge on any atom is 0.252 e. The van der Waals surface area contributed by atoms with Crippen LogP contribution in [-0.2, 0) is 27.1 Å². The fraction of sp³-hybridized carbons (Fsp3) is 0.233. The Balaban J connectivity index is 1.06. The van der Waals surface area contributed by atoms with E-state index in [9.17, 15) is 0 Å². The highest BCUT2D eigenvalue weighted by molar-refractivity contribution is 7.00. The van der Waals surface area contributed by atoms with Crippen LogP contribution < -0.4 is 26.2 Å². The topological polar surface area (TPSA) is 16.3 Å². The van der Waals surface area contributed by atoms with E-state index in [4.69, 9.17) is 0 Å². The van der Waals surface area contributed by atoms with Gasteiger partial charge in [0.15, 0.2) is 0 Å². The van der Waals surface area contributed by atoms with Crippen molar-refractivity contribution in [2.45, 2.75) is 131 Å². The Kier molecular flexibility index (Phi) is 13.2. The highest BCUT2D eigenvalue weighted by atomic mass is 15.2. The Labute approximate surface area is 539 Å². The van der Waals surface area contributed by atoms with Crippen LogP contribution in [0.2, 0.25) is 0 Å². The van der Waals surface area contributed by atoms with Crippen molar-refractivity contribution < 1.29 is 0 Å². The first-order valence-corrected chi connectivity index (χ1v) is 32.9. The van der Waals surface area contributed by atoms with Crippen molar-refractivity contribution in [3.63, 3.8) is 0 Å². The summed E-state index contributed by atoms with van der Waals surface area (Å²) in [7, 11) is 0. The van der Waals surface area contributed by atoms with Gasteiger partial charge in [0.2, 0.25) is 0 Å². The first kappa shape index (κ1) is 58.1. The minimum atomic E-state index is -0.239. The molecule has 4 nitrogen and oxygen atoms in total. The standard InChI is InChI=1S/C86H83BN4/c1-82(2,3)58-36-42-69-63(48-58)64-49-59(83(4,5)6)37-43-70(64)88(69)75-30-22-24-32-77(75)90-73-40-34-56(54-26-18-16-19-27-54)46-67(73)87-68-47-57(55-28-20-17-21-29-55)35-41-74(68)91(80-53-62(86(13,14)15)52-79(90)81(80)87)78-33-25-23-31-76(78)89-71-44-38-60(84(7,8)9)50-65(71)66-51-61(85(10,11)12)39-45-72(66)89/h16-53H,1-15H3. The van der Waals surface area contributed by atoms with E-state index in [2.05, 4.69) is 353 Å². The summed E-state index contributed by atoms with van der Waals surface area (Å²) in [5, 5.41) is 5.09. The highest BCUT2D eigenvalue weighted by Crippen LogP contribution is 2.51. The molecule has 0 radical (unpaired) electrons. The van der Waals surface area contributed by atoms with Crippen LogP contribution in [0, 0.1) is 0 Å². The summed E-state index contributed by atoms with van der Waals surface area (Å²) in [6.07, 6.45) is 0. The molecule has 0 amide bonds. The van der Waals surface area contributed by atoms with Gasteiger partial charge in [-0.3, -0.25) is 0 Å². The van der Waals surface area contributed by atoms with Crippen molar-refractivity contribution in [1.82, 2.24) is 9.13 Å². The van der Waals surface area contributed by atoms with Gasteiger partial charge in [-0.2, -0.15) is 0 Å². The monoisotopic (exact) mass is 1180 g/mol. The first-order valence-electron chi connectivity index (χ1n) is 32.9. The maximum atomic E-state index is 2.65. The fourth-order valence-electron chi connectivity index (χ4n) is 14.7. The lowest BCUT2D eigenvalue weighted by atomic mass is 9.33. The number of nitrogens with zero attached hydrogens (tertiary/aromatic N) is 4. The van der Waals surface area contributed by atoms with E-state index in [0.29, 0.717) is 0 Å². The minimum absolute atomic E-state index is 0.0311. The molecule has 2 aliphatic heterocycles. The van der Waals surface area contributed by atoms with E-state index in [-0.39, 0.29) is 33.8 Å². The molecule has 15 rings (SSSR count). The van der Waals surface area contributed by atoms with Gasteiger partial charge < -0.3 is 18.9 Å². The third-order valence-corrected chi connectivity index (χ3v) is 19.9. The number of aromatic nitrogens is 2. The van der Waals surface area contributed by atoms with E-state index in [1.807, 2.05) is 0 Å². The zero-order valence-corrected chi connectivity index (χ0v) is 55.8. The smallest absolute Gasteiger partial charge is 0.252 e. The Morgan fingerprint density at radius 2 is 0.527 bits per heavy atom. The van der Waals surface area contributed by atoms with Crippen LogP contribution in [0.4, 0.5) is 34.1 Å². The molecule has 0 fully saturated rings. The number of fused-ring (bicyclic) bond motifs is 10. The number of para-hydroxylation sites is 4. The largest absolute Gasteiger partial charge is 0.309 e. The van der Waals surface area contributed by atoms with Gasteiger partial charge in [0, 0.05) is 44.3 Å². The van der Waals surface area contributed by atoms with Gasteiger partial charge in [-0.25, -0.2) is 0 Å². The van der Waals surface area contributed by atoms with Crippen molar-refractivity contribution >= 4 is 101 Å². The molecule has 0 saturated carbocycles. The molecule has 5 heteroatoms. The number of benzene rings is 11. The predicted octanol–water partition coefficient (Wildman–Crippen LogP) is 21.8. The average Bonchev–Trinajstić information content (AvgIpc) is 1.04. The summed E-state index contributed by atoms with van der Waals surface area (Å²) >= 11 is 0. The molecule has 4 heterocycles. The second-order valence-electron chi connectivity index (χ2n) is 31.1. The Hall–Kier alpha value is -9.32. The second-order valence-corrected chi connectivity index (χ2v) is 31.1. The minimum Gasteiger partial charge on any atom is -0.309 e. The molecule has 0 unspecified atom stereocenters. The predicted molar refractivity (Wildman–Crippen MR) is 394 cm³/mol. The molecule has 2 aliphatic rings. The molecule has 450 valence electrons. The highest BCUT2D eigenvalue weighted by Gasteiger charge is 2.46. The van der Waals surface area contributed by atoms with Gasteiger partial charge in [0.1, 0.15) is 0 Å². The summed E-state index contributed by atoms with van der Waals surface area (Å²) < 4.78 is 5.13. The van der Waals surface area contributed by atoms with Gasteiger partial charge in [-0.1, -0.05) is 237 Å². The summed E-state index contributed by atoms with van der Waals surface area (Å²) in [5.74, 6) is 0. The SMILES string of the molecule is CC(C)(C)c1cc2c3c(c1)N(c1ccccc1-n1c4ccc(C(C)(C)C)cc4c4cc(C(C)(C)C)ccc41)c1ccc(-c4ccccc4)cc1B3c1cc(-c3ccccc3)ccc1N2c1ccccc1-n1c2ccc(C(C)(C)C)cc2c2cc(C(C)(C)C)ccc21. The second kappa shape index (κ2) is 20.6. The zero-order valence-electron chi connectivity index (χ0n) is 55.8. The molecule has 0 spiro atoms. The number of hydrogen-bond donors (Lipinski definition) is 0. The maximum absolute atomic E-state index is 2.65. The third-order valence-electron chi connectivity index (χ3n) is 19.9. The van der Waals surface area contributed by atoms with E-state index in [0.717, 1.165) is 22.7 Å². The van der Waals surface area contributed by atoms with Crippen LogP contribution in [-0.4, -0.2) is 15.8 Å². The van der Waals surface area contributed by atoms with Gasteiger partial charge in [0.25, 0.3) is 6.71 Å². The molecule has 91 heavy (non-hydrogen) atoms. The lowest BCUT2D eigenvalue weighted by Gasteiger charge is -2.46. The van der Waals surface area contributed by atoms with E-state index in [1.165, 1.54) is 133 Å².